The van der Waals surface area contributed by atoms with Gasteiger partial charge in [0.25, 0.3) is 0 Å². The number of cyclic esters (lactones) is 3. The van der Waals surface area contributed by atoms with Crippen molar-refractivity contribution in [1.82, 2.24) is 0 Å². The Morgan fingerprint density at radius 3 is 1.24 bits per heavy atom. The highest BCUT2D eigenvalue weighted by atomic mass is 19.4. The highest BCUT2D eigenvalue weighted by Gasteiger charge is 2.45. The second-order valence-corrected chi connectivity index (χ2v) is 26.7. The number of fused-ring (bicyclic) bond motifs is 4. The molecule has 1 unspecified atom stereocenters. The fraction of sp³-hybridized carbons (Fsp3) is 0.506. The third-order valence-electron chi connectivity index (χ3n) is 17.5. The molecule has 8 rings (SSSR count). The molecule has 0 aliphatic carbocycles. The number of ether oxygens (including phenoxy) is 8. The number of rotatable bonds is 11. The summed E-state index contributed by atoms with van der Waals surface area (Å²) in [6, 6.07) is 9.27. The van der Waals surface area contributed by atoms with Crippen LogP contribution in [0.4, 0.5) is 26.3 Å². The molecule has 3 aromatic carbocycles. The van der Waals surface area contributed by atoms with Crippen LogP contribution in [0.3, 0.4) is 0 Å². The maximum absolute atomic E-state index is 12.9. The average Bonchev–Trinajstić information content (AvgIpc) is 1.36. The number of hydrogen-bond donors (Lipinski definition) is 9. The van der Waals surface area contributed by atoms with Crippen LogP contribution >= 0.6 is 0 Å². The molecule has 31 heteroatoms. The number of hydrogen-bond acceptors (Lipinski definition) is 25. The number of alkyl halides is 6. The number of carbonyl (C=O) groups is 8. The van der Waals surface area contributed by atoms with E-state index in [1.54, 1.807) is 78.8 Å². The fourth-order valence-electron chi connectivity index (χ4n) is 10.9. The Morgan fingerprint density at radius 1 is 0.509 bits per heavy atom. The summed E-state index contributed by atoms with van der Waals surface area (Å²) < 4.78 is 112. The standard InChI is InChI=1S/C25H32O7.C24H27F3O8.C22H28O7.C6H7F3O3/c1-15-10-11-19(27)23-21(31-25(3,4)32-23)9-5-8-18-13-17(7-6-12-26)14-20(28)22(18)24(29)30-16(15)2;1-13-8-9-18(29)21(31)17(28)7-3-6-16-11-15(5-4-10-34-23(33)24(25,26)27)12-19(30)20(16)22(32)35-14(13)2;1-13-8-9-18(25)21(27)17(24)7-3-6-16-11-15(5-4-10-23)12-19(26)20(16)22(28)29-14(13)2;7-6(8,9)5(10)12-4-2-1-3-11-4/h5,8,10-11,13-16,21,23,26,28H,6-7,9,12H2,1-4H3;3,6,8-9,11-14,17,21,28,30-31H,4-5,7,10H2,1-2H3;3,6,8-9,11-14,17,21,23-24,26-27H,4-5,7,10H2,1-2H3;4H,1-3H2/b8-5+,11-10-;2*6-3+,9-8-;/t15-,16+,21+,23-;2*13-,14+,17+,21+;/m111./s1. The van der Waals surface area contributed by atoms with Crippen LogP contribution < -0.4 is 0 Å². The van der Waals surface area contributed by atoms with E-state index in [2.05, 4.69) is 14.2 Å². The van der Waals surface area contributed by atoms with Crippen LogP contribution in [0.15, 0.2) is 91.1 Å². The monoisotopic (exact) mass is 1530 g/mol. The molecule has 0 amide bonds. The molecule has 2 saturated heterocycles. The Balaban J connectivity index is 0.000000270. The van der Waals surface area contributed by atoms with E-state index in [9.17, 15) is 100 Å². The Morgan fingerprint density at radius 2 is 0.880 bits per heavy atom. The van der Waals surface area contributed by atoms with Crippen molar-refractivity contribution in [3.63, 3.8) is 0 Å². The average molecular weight is 1530 g/mol. The number of ketones is 3. The molecule has 0 aromatic heterocycles. The second kappa shape index (κ2) is 41.6. The molecule has 2 fully saturated rings. The van der Waals surface area contributed by atoms with E-state index < -0.39 is 139 Å². The number of phenols is 3. The molecule has 5 aliphatic heterocycles. The number of benzene rings is 3. The first-order valence-electron chi connectivity index (χ1n) is 35.0. The van der Waals surface area contributed by atoms with Crippen LogP contribution in [0, 0.1) is 17.8 Å². The highest BCUT2D eigenvalue weighted by Crippen LogP contribution is 2.35. The molecule has 9 N–H and O–H groups in total. The molecule has 5 heterocycles. The molecule has 5 aliphatic rings. The maximum atomic E-state index is 12.9. The van der Waals surface area contributed by atoms with Gasteiger partial charge in [0.05, 0.1) is 31.5 Å². The zero-order valence-corrected chi connectivity index (χ0v) is 60.8. The molecule has 25 nitrogen and oxygen atoms in total. The molecule has 13 atom stereocenters. The fourth-order valence-corrected chi connectivity index (χ4v) is 10.9. The number of esters is 5. The van der Waals surface area contributed by atoms with Crippen molar-refractivity contribution in [1.29, 1.82) is 0 Å². The zero-order chi connectivity index (χ0) is 80.5. The number of halogens is 6. The summed E-state index contributed by atoms with van der Waals surface area (Å²) in [7, 11) is 0. The van der Waals surface area contributed by atoms with Crippen LogP contribution in [0.2, 0.25) is 0 Å². The van der Waals surface area contributed by atoms with Gasteiger partial charge in [-0.15, -0.1) is 0 Å². The lowest BCUT2D eigenvalue weighted by molar-refractivity contribution is -0.220. The normalized spacial score (nSPS) is 27.5. The van der Waals surface area contributed by atoms with Gasteiger partial charge in [-0.1, -0.05) is 93.7 Å². The van der Waals surface area contributed by atoms with Crippen molar-refractivity contribution in [2.24, 2.45) is 17.8 Å². The van der Waals surface area contributed by atoms with Crippen LogP contribution in [-0.2, 0) is 81.1 Å². The molecule has 3 aromatic rings. The van der Waals surface area contributed by atoms with Crippen LogP contribution in [0.5, 0.6) is 17.2 Å². The van der Waals surface area contributed by atoms with E-state index in [1.807, 2.05) is 6.92 Å². The van der Waals surface area contributed by atoms with E-state index >= 15 is 0 Å². The number of aromatic hydroxyl groups is 3. The van der Waals surface area contributed by atoms with E-state index in [1.165, 1.54) is 72.9 Å². The van der Waals surface area contributed by atoms with Gasteiger partial charge in [-0.05, 0) is 169 Å². The van der Waals surface area contributed by atoms with Gasteiger partial charge in [0, 0.05) is 37.4 Å². The van der Waals surface area contributed by atoms with Crippen LogP contribution in [0.1, 0.15) is 171 Å². The molecular formula is C77H94F6O25. The Bertz CT molecular complexity index is 3790. The zero-order valence-electron chi connectivity index (χ0n) is 60.8. The minimum absolute atomic E-state index is 0.000187. The first kappa shape index (κ1) is 89.7. The van der Waals surface area contributed by atoms with Crippen molar-refractivity contribution < 1.29 is 149 Å². The lowest BCUT2D eigenvalue weighted by Gasteiger charge is -2.20. The lowest BCUT2D eigenvalue weighted by atomic mass is 9.97. The summed E-state index contributed by atoms with van der Waals surface area (Å²) in [4.78, 5) is 96.3. The first-order valence-corrected chi connectivity index (χ1v) is 35.0. The predicted molar refractivity (Wildman–Crippen MR) is 375 cm³/mol. The summed E-state index contributed by atoms with van der Waals surface area (Å²) in [5.74, 6) is -10.9. The van der Waals surface area contributed by atoms with Gasteiger partial charge in [0.2, 0.25) is 6.29 Å². The largest absolute Gasteiger partial charge is 0.507 e. The minimum atomic E-state index is -5.09. The van der Waals surface area contributed by atoms with E-state index in [4.69, 9.17) is 33.9 Å². The van der Waals surface area contributed by atoms with E-state index in [-0.39, 0.29) is 90.3 Å². The number of phenolic OH excluding ortho intramolecular Hbond substituents is 3. The third-order valence-corrected chi connectivity index (χ3v) is 17.5. The van der Waals surface area contributed by atoms with E-state index in [0.717, 1.165) is 17.2 Å². The SMILES string of the molecule is C[C@@H]1/C=C\C(=O)[C@@H](O)[C@@H](O)C/C=C/c2cc(CCCO)cc(O)c2C(=O)O[C@H]1C.C[C@@H]1/C=C\C(=O)[C@@H](O)[C@@H](O)C/C=C/c2cc(CCCOC(=O)C(F)(F)F)cc(O)c2C(=O)O[C@H]1C.C[C@@H]1/C=C\C(=O)[C@H]2OC(C)(C)O[C@H]2C/C=C/c2cc(CCCO)cc(O)c2C(=O)O[C@H]1C.O=C(OC1CCCO1)C(F)(F)F. The molecule has 0 bridgehead atoms. The van der Waals surface area contributed by atoms with Gasteiger partial charge in [-0.25, -0.2) is 24.0 Å². The van der Waals surface area contributed by atoms with Gasteiger partial charge >= 0.3 is 42.2 Å². The van der Waals surface area contributed by atoms with Crippen molar-refractivity contribution >= 4 is 65.4 Å². The first-order chi connectivity index (χ1) is 50.7. The minimum Gasteiger partial charge on any atom is -0.507 e. The van der Waals surface area contributed by atoms with Crippen molar-refractivity contribution in [2.75, 3.05) is 26.4 Å². The summed E-state index contributed by atoms with van der Waals surface area (Å²) in [6.07, 6.45) is 1.15. The molecule has 0 radical (unpaired) electrons. The van der Waals surface area contributed by atoms with Crippen molar-refractivity contribution in [3.8, 4) is 17.2 Å². The van der Waals surface area contributed by atoms with Gasteiger partial charge in [-0.2, -0.15) is 26.3 Å². The highest BCUT2D eigenvalue weighted by molar-refractivity contribution is 5.99. The molecule has 0 spiro atoms. The van der Waals surface area contributed by atoms with Gasteiger partial charge in [0.1, 0.15) is 70.6 Å². The summed E-state index contributed by atoms with van der Waals surface area (Å²) in [5, 5.41) is 90.0. The number of aryl methyl sites for hydroxylation is 3. The summed E-state index contributed by atoms with van der Waals surface area (Å²) >= 11 is 0. The quantitative estimate of drug-likeness (QED) is 0.0373. The maximum Gasteiger partial charge on any atom is 0.491 e. The Kier molecular flexibility index (Phi) is 34.5. The molecule has 108 heavy (non-hydrogen) atoms. The number of aliphatic hydroxyl groups excluding tert-OH is 6. The van der Waals surface area contributed by atoms with Gasteiger partial charge in [-0.3, -0.25) is 14.4 Å². The predicted octanol–water partition coefficient (Wildman–Crippen LogP) is 9.43. The molecule has 0 saturated carbocycles. The van der Waals surface area contributed by atoms with E-state index in [0.29, 0.717) is 68.2 Å². The third kappa shape index (κ3) is 27.6. The Hall–Kier alpha value is -8.92. The van der Waals surface area contributed by atoms with Crippen molar-refractivity contribution in [2.45, 2.75) is 205 Å². The lowest BCUT2D eigenvalue weighted by Crippen LogP contribution is -2.32. The summed E-state index contributed by atoms with van der Waals surface area (Å²) in [5.41, 5.74) is 2.98. The summed E-state index contributed by atoms with van der Waals surface area (Å²) in [6.45, 7) is 13.7. The number of aliphatic hydroxyl groups is 6. The topological polar surface area (TPSA) is 392 Å². The van der Waals surface area contributed by atoms with Crippen molar-refractivity contribution in [3.05, 3.63) is 141 Å². The smallest absolute Gasteiger partial charge is 0.491 e. The molecular weight excluding hydrogens is 1440 g/mol. The Labute approximate surface area is 619 Å². The molecule has 594 valence electrons. The van der Waals surface area contributed by atoms with Gasteiger partial charge < -0.3 is 83.9 Å². The van der Waals surface area contributed by atoms with Crippen LogP contribution in [-0.4, -0.2) is 199 Å². The number of carbonyl (C=O) groups excluding carboxylic acids is 8. The second-order valence-electron chi connectivity index (χ2n) is 26.7. The van der Waals surface area contributed by atoms with Crippen LogP contribution in [0.25, 0.3) is 18.2 Å². The van der Waals surface area contributed by atoms with Gasteiger partial charge in [0.15, 0.2) is 23.1 Å².